The summed E-state index contributed by atoms with van der Waals surface area (Å²) in [5, 5.41) is 11.1. The molecule has 8 heteroatoms. The molecule has 2 N–H and O–H groups in total. The van der Waals surface area contributed by atoms with Crippen LogP contribution in [0.4, 0.5) is 11.4 Å². The van der Waals surface area contributed by atoms with Crippen molar-refractivity contribution >= 4 is 23.3 Å². The molecule has 0 saturated carbocycles. The van der Waals surface area contributed by atoms with Gasteiger partial charge in [0.1, 0.15) is 5.69 Å². The number of nitrogens with zero attached hydrogens (tertiary/aromatic N) is 2. The highest BCUT2D eigenvalue weighted by Crippen LogP contribution is 2.33. The van der Waals surface area contributed by atoms with E-state index in [0.717, 1.165) is 0 Å². The van der Waals surface area contributed by atoms with E-state index in [1.165, 1.54) is 25.3 Å². The van der Waals surface area contributed by atoms with Crippen LogP contribution in [-0.4, -0.2) is 37.0 Å². The van der Waals surface area contributed by atoms with Gasteiger partial charge in [0, 0.05) is 24.7 Å². The van der Waals surface area contributed by atoms with Crippen LogP contribution in [0.1, 0.15) is 16.8 Å². The lowest BCUT2D eigenvalue weighted by molar-refractivity contribution is -0.384. The molecule has 1 aliphatic heterocycles. The van der Waals surface area contributed by atoms with Crippen molar-refractivity contribution in [2.24, 2.45) is 11.7 Å². The van der Waals surface area contributed by atoms with Crippen molar-refractivity contribution in [1.29, 1.82) is 0 Å². The number of carbonyl (C=O) groups is 2. The number of ether oxygens (including phenoxy) is 1. The Morgan fingerprint density at radius 1 is 1.48 bits per heavy atom. The van der Waals surface area contributed by atoms with E-state index >= 15 is 0 Å². The maximum atomic E-state index is 11.5. The summed E-state index contributed by atoms with van der Waals surface area (Å²) >= 11 is 0. The Morgan fingerprint density at radius 3 is 2.76 bits per heavy atom. The molecule has 8 nitrogen and oxygen atoms in total. The predicted molar refractivity (Wildman–Crippen MR) is 74.0 cm³/mol. The van der Waals surface area contributed by atoms with Crippen LogP contribution in [0.25, 0.3) is 0 Å². The number of nitrogens with two attached hydrogens (primary N) is 1. The number of amides is 1. The highest BCUT2D eigenvalue weighted by Gasteiger charge is 2.32. The molecular formula is C13H15N3O5. The number of esters is 1. The fraction of sp³-hybridized carbons (Fsp3) is 0.385. The number of rotatable bonds is 4. The van der Waals surface area contributed by atoms with Gasteiger partial charge in [0.05, 0.1) is 18.0 Å². The third-order valence-corrected chi connectivity index (χ3v) is 3.52. The van der Waals surface area contributed by atoms with E-state index in [4.69, 9.17) is 5.73 Å². The van der Waals surface area contributed by atoms with Gasteiger partial charge in [-0.05, 0) is 18.6 Å². The number of hydrogen-bond acceptors (Lipinski definition) is 6. The van der Waals surface area contributed by atoms with Crippen molar-refractivity contribution in [2.75, 3.05) is 25.1 Å². The molecule has 1 aromatic rings. The zero-order valence-corrected chi connectivity index (χ0v) is 11.4. The van der Waals surface area contributed by atoms with Gasteiger partial charge in [-0.15, -0.1) is 0 Å². The average Bonchev–Trinajstić information content (AvgIpc) is 2.95. The Bertz CT molecular complexity index is 601. The average molecular weight is 293 g/mol. The molecule has 21 heavy (non-hydrogen) atoms. The van der Waals surface area contributed by atoms with Crippen LogP contribution in [-0.2, 0) is 9.53 Å². The van der Waals surface area contributed by atoms with Gasteiger partial charge >= 0.3 is 5.97 Å². The molecular weight excluding hydrogens is 278 g/mol. The number of primary amides is 1. The molecule has 1 heterocycles. The first-order valence-electron chi connectivity index (χ1n) is 6.35. The molecule has 0 aromatic heterocycles. The summed E-state index contributed by atoms with van der Waals surface area (Å²) < 4.78 is 4.68. The van der Waals surface area contributed by atoms with Gasteiger partial charge in [0.2, 0.25) is 5.91 Å². The highest BCUT2D eigenvalue weighted by atomic mass is 16.6. The van der Waals surface area contributed by atoms with Crippen molar-refractivity contribution in [1.82, 2.24) is 0 Å². The normalized spacial score (nSPS) is 17.6. The number of benzene rings is 1. The van der Waals surface area contributed by atoms with Gasteiger partial charge in [-0.3, -0.25) is 19.7 Å². The molecule has 1 aliphatic rings. The van der Waals surface area contributed by atoms with Crippen molar-refractivity contribution < 1.29 is 19.2 Å². The molecule has 2 rings (SSSR count). The number of nitro groups is 1. The summed E-state index contributed by atoms with van der Waals surface area (Å²) in [6.45, 7) is 0.790. The van der Waals surface area contributed by atoms with Crippen LogP contribution in [0, 0.1) is 16.0 Å². The molecule has 1 unspecified atom stereocenters. The topological polar surface area (TPSA) is 116 Å². The van der Waals surface area contributed by atoms with Gasteiger partial charge in [-0.1, -0.05) is 0 Å². The first-order valence-corrected chi connectivity index (χ1v) is 6.35. The molecule has 0 radical (unpaired) electrons. The fourth-order valence-corrected chi connectivity index (χ4v) is 2.42. The van der Waals surface area contributed by atoms with Crippen molar-refractivity contribution in [2.45, 2.75) is 6.42 Å². The van der Waals surface area contributed by atoms with Gasteiger partial charge in [0.25, 0.3) is 5.69 Å². The van der Waals surface area contributed by atoms with E-state index in [1.54, 1.807) is 4.90 Å². The highest BCUT2D eigenvalue weighted by molar-refractivity contribution is 5.94. The maximum Gasteiger partial charge on any atom is 0.310 e. The molecule has 0 bridgehead atoms. The monoisotopic (exact) mass is 293 g/mol. The Kier molecular flexibility index (Phi) is 4.06. The third-order valence-electron chi connectivity index (χ3n) is 3.52. The van der Waals surface area contributed by atoms with Gasteiger partial charge < -0.3 is 15.4 Å². The van der Waals surface area contributed by atoms with Crippen molar-refractivity contribution in [3.8, 4) is 0 Å². The predicted octanol–water partition coefficient (Wildman–Crippen LogP) is 0.693. The lowest BCUT2D eigenvalue weighted by atomic mass is 10.1. The van der Waals surface area contributed by atoms with E-state index in [0.29, 0.717) is 25.2 Å². The molecule has 1 atom stereocenters. The van der Waals surface area contributed by atoms with Crippen molar-refractivity contribution in [3.63, 3.8) is 0 Å². The van der Waals surface area contributed by atoms with Crippen molar-refractivity contribution in [3.05, 3.63) is 33.9 Å². The number of anilines is 1. The molecule has 1 fully saturated rings. The van der Waals surface area contributed by atoms with E-state index in [1.807, 2.05) is 0 Å². The minimum absolute atomic E-state index is 0.120. The first-order chi connectivity index (χ1) is 9.93. The van der Waals surface area contributed by atoms with E-state index < -0.39 is 10.8 Å². The lowest BCUT2D eigenvalue weighted by Crippen LogP contribution is -2.24. The van der Waals surface area contributed by atoms with Gasteiger partial charge in [0.15, 0.2) is 0 Å². The van der Waals surface area contributed by atoms with Crippen LogP contribution in [0.15, 0.2) is 18.2 Å². The quantitative estimate of drug-likeness (QED) is 0.496. The zero-order valence-electron chi connectivity index (χ0n) is 11.4. The molecule has 1 saturated heterocycles. The molecule has 0 spiro atoms. The number of nitro benzene ring substituents is 1. The second kappa shape index (κ2) is 5.78. The lowest BCUT2D eigenvalue weighted by Gasteiger charge is -2.18. The minimum atomic E-state index is -0.658. The zero-order chi connectivity index (χ0) is 15.6. The Labute approximate surface area is 120 Å². The summed E-state index contributed by atoms with van der Waals surface area (Å²) in [6.07, 6.45) is 0.546. The van der Waals surface area contributed by atoms with E-state index in [2.05, 4.69) is 4.74 Å². The number of hydrogen-bond donors (Lipinski definition) is 1. The maximum absolute atomic E-state index is 11.5. The second-order valence-corrected chi connectivity index (χ2v) is 4.78. The molecule has 112 valence electrons. The Balaban J connectivity index is 2.34. The van der Waals surface area contributed by atoms with Gasteiger partial charge in [-0.2, -0.15) is 0 Å². The summed E-state index contributed by atoms with van der Waals surface area (Å²) in [5.41, 5.74) is 5.57. The van der Waals surface area contributed by atoms with Crippen LogP contribution in [0.3, 0.4) is 0 Å². The van der Waals surface area contributed by atoms with Crippen LogP contribution >= 0.6 is 0 Å². The van der Waals surface area contributed by atoms with E-state index in [9.17, 15) is 19.7 Å². The fourth-order valence-electron chi connectivity index (χ4n) is 2.42. The molecule has 1 aromatic carbocycles. The second-order valence-electron chi connectivity index (χ2n) is 4.78. The summed E-state index contributed by atoms with van der Waals surface area (Å²) in [5.74, 6) is -1.33. The summed E-state index contributed by atoms with van der Waals surface area (Å²) in [4.78, 5) is 35.0. The standard InChI is InChI=1S/C13H15N3O5/c1-21-13(18)9-4-5-15(7-9)11-6-8(12(14)17)2-3-10(11)16(19)20/h2-3,6,9H,4-5,7H2,1H3,(H2,14,17). The number of methoxy groups -OCH3 is 1. The smallest absolute Gasteiger partial charge is 0.310 e. The first kappa shape index (κ1) is 14.8. The number of carbonyl (C=O) groups excluding carboxylic acids is 2. The summed E-state index contributed by atoms with van der Waals surface area (Å²) in [7, 11) is 1.31. The third kappa shape index (κ3) is 2.93. The Hall–Kier alpha value is -2.64. The Morgan fingerprint density at radius 2 is 2.19 bits per heavy atom. The minimum Gasteiger partial charge on any atom is -0.469 e. The largest absolute Gasteiger partial charge is 0.469 e. The van der Waals surface area contributed by atoms with Crippen LogP contribution in [0.5, 0.6) is 0 Å². The van der Waals surface area contributed by atoms with Gasteiger partial charge in [-0.25, -0.2) is 0 Å². The summed E-state index contributed by atoms with van der Waals surface area (Å²) in [6, 6.07) is 3.96. The SMILES string of the molecule is COC(=O)C1CCN(c2cc(C(N)=O)ccc2[N+](=O)[O-])C1. The molecule has 1 amide bonds. The van der Waals surface area contributed by atoms with Crippen LogP contribution in [0.2, 0.25) is 0 Å². The van der Waals surface area contributed by atoms with E-state index in [-0.39, 0.29) is 23.1 Å². The molecule has 0 aliphatic carbocycles. The van der Waals surface area contributed by atoms with Crippen LogP contribution < -0.4 is 10.6 Å².